The highest BCUT2D eigenvalue weighted by Gasteiger charge is 2.35. The van der Waals surface area contributed by atoms with E-state index in [2.05, 4.69) is 9.80 Å². The smallest absolute Gasteiger partial charge is 0.282 e. The van der Waals surface area contributed by atoms with Crippen molar-refractivity contribution >= 4 is 21.8 Å². The maximum absolute atomic E-state index is 13.1. The summed E-state index contributed by atoms with van der Waals surface area (Å²) in [6, 6.07) is 6.56. The van der Waals surface area contributed by atoms with Gasteiger partial charge in [0.05, 0.1) is 6.54 Å². The van der Waals surface area contributed by atoms with E-state index < -0.39 is 10.2 Å². The third-order valence-electron chi connectivity index (χ3n) is 7.29. The summed E-state index contributed by atoms with van der Waals surface area (Å²) in [6.07, 6.45) is 5.27. The molecule has 2 saturated heterocycles. The van der Waals surface area contributed by atoms with Crippen molar-refractivity contribution < 1.29 is 17.6 Å². The Morgan fingerprint density at radius 3 is 2.15 bits per heavy atom. The van der Waals surface area contributed by atoms with Crippen LogP contribution in [0.3, 0.4) is 0 Å². The third kappa shape index (κ3) is 5.85. The average Bonchev–Trinajstić information content (AvgIpc) is 2.85. The molecule has 8 nitrogen and oxygen atoms in total. The number of carbonyl (C=O) groups excluding carboxylic acids is 1. The molecule has 3 aliphatic rings. The first-order chi connectivity index (χ1) is 15.8. The van der Waals surface area contributed by atoms with E-state index >= 15 is 0 Å². The van der Waals surface area contributed by atoms with Gasteiger partial charge in [0.1, 0.15) is 5.82 Å². The minimum absolute atomic E-state index is 0.0874. The molecule has 1 aromatic rings. The summed E-state index contributed by atoms with van der Waals surface area (Å²) < 4.78 is 42.4. The molecular formula is C23H36FN5O3S. The second-order valence-corrected chi connectivity index (χ2v) is 11.3. The van der Waals surface area contributed by atoms with Gasteiger partial charge in [-0.15, -0.1) is 0 Å². The zero-order chi connectivity index (χ0) is 23.4. The number of rotatable bonds is 6. The van der Waals surface area contributed by atoms with Crippen LogP contribution in [0.4, 0.5) is 10.1 Å². The van der Waals surface area contributed by atoms with Gasteiger partial charge in [-0.25, -0.2) is 4.39 Å². The summed E-state index contributed by atoms with van der Waals surface area (Å²) in [5, 5.41) is 0. The molecule has 0 spiro atoms. The molecule has 0 unspecified atom stereocenters. The Morgan fingerprint density at radius 1 is 0.939 bits per heavy atom. The molecule has 2 aliphatic heterocycles. The number of amides is 1. The van der Waals surface area contributed by atoms with E-state index in [0.717, 1.165) is 44.5 Å². The summed E-state index contributed by atoms with van der Waals surface area (Å²) >= 11 is 0. The fraction of sp³-hybridized carbons (Fsp3) is 0.696. The lowest BCUT2D eigenvalue weighted by Gasteiger charge is -2.40. The molecule has 1 aliphatic carbocycles. The van der Waals surface area contributed by atoms with Crippen LogP contribution < -0.4 is 4.90 Å². The van der Waals surface area contributed by atoms with Gasteiger partial charge in [-0.3, -0.25) is 9.69 Å². The largest absolute Gasteiger partial charge is 0.368 e. The lowest BCUT2D eigenvalue weighted by molar-refractivity contribution is -0.133. The summed E-state index contributed by atoms with van der Waals surface area (Å²) in [5.41, 5.74) is 0.971. The predicted octanol–water partition coefficient (Wildman–Crippen LogP) is 1.60. The SMILES string of the molecule is CN(C1CCCCC1)S(=O)(=O)N1CCN(CC(=O)N2CCN(c3ccc(F)cc3)CC2)CC1. The Kier molecular flexibility index (Phi) is 7.88. The minimum atomic E-state index is -3.45. The zero-order valence-corrected chi connectivity index (χ0v) is 20.3. The van der Waals surface area contributed by atoms with E-state index in [1.54, 1.807) is 27.8 Å². The van der Waals surface area contributed by atoms with Crippen molar-refractivity contribution in [2.24, 2.45) is 0 Å². The first-order valence-electron chi connectivity index (χ1n) is 12.1. The van der Waals surface area contributed by atoms with Crippen LogP contribution in [0.25, 0.3) is 0 Å². The van der Waals surface area contributed by atoms with Gasteiger partial charge in [0.15, 0.2) is 0 Å². The molecule has 0 aromatic heterocycles. The minimum Gasteiger partial charge on any atom is -0.368 e. The summed E-state index contributed by atoms with van der Waals surface area (Å²) in [5.74, 6) is -0.162. The summed E-state index contributed by atoms with van der Waals surface area (Å²) in [4.78, 5) is 18.9. The highest BCUT2D eigenvalue weighted by Crippen LogP contribution is 2.25. The van der Waals surface area contributed by atoms with E-state index in [4.69, 9.17) is 0 Å². The van der Waals surface area contributed by atoms with E-state index in [1.165, 1.54) is 18.6 Å². The van der Waals surface area contributed by atoms with Gasteiger partial charge < -0.3 is 9.80 Å². The Labute approximate surface area is 197 Å². The molecule has 0 atom stereocenters. The van der Waals surface area contributed by atoms with E-state index in [0.29, 0.717) is 45.8 Å². The molecule has 0 N–H and O–H groups in total. The van der Waals surface area contributed by atoms with Crippen LogP contribution in [0.2, 0.25) is 0 Å². The van der Waals surface area contributed by atoms with Gasteiger partial charge in [0, 0.05) is 71.1 Å². The van der Waals surface area contributed by atoms with Crippen molar-refractivity contribution in [2.75, 3.05) is 70.9 Å². The second kappa shape index (κ2) is 10.7. The molecule has 1 amide bonds. The zero-order valence-electron chi connectivity index (χ0n) is 19.5. The summed E-state index contributed by atoms with van der Waals surface area (Å²) in [6.45, 7) is 5.01. The number of piperazine rings is 2. The highest BCUT2D eigenvalue weighted by atomic mass is 32.2. The number of anilines is 1. The molecule has 1 saturated carbocycles. The first kappa shape index (κ1) is 24.4. The quantitative estimate of drug-likeness (QED) is 0.618. The maximum Gasteiger partial charge on any atom is 0.282 e. The van der Waals surface area contributed by atoms with Crippen LogP contribution in [0.1, 0.15) is 32.1 Å². The van der Waals surface area contributed by atoms with Gasteiger partial charge in [-0.1, -0.05) is 19.3 Å². The van der Waals surface area contributed by atoms with Crippen molar-refractivity contribution in [1.82, 2.24) is 18.4 Å². The number of nitrogens with zero attached hydrogens (tertiary/aromatic N) is 5. The monoisotopic (exact) mass is 481 g/mol. The number of benzene rings is 1. The standard InChI is InChI=1S/C23H36FN5O3S/c1-25(21-5-3-2-4-6-21)33(31,32)29-17-11-26(12-18-29)19-23(30)28-15-13-27(14-16-28)22-9-7-20(24)8-10-22/h7-10,21H,2-6,11-19H2,1H3. The Morgan fingerprint density at radius 2 is 1.55 bits per heavy atom. The average molecular weight is 482 g/mol. The Balaban J connectivity index is 1.22. The molecule has 2 heterocycles. The van der Waals surface area contributed by atoms with Crippen molar-refractivity contribution in [3.8, 4) is 0 Å². The number of hydrogen-bond acceptors (Lipinski definition) is 5. The van der Waals surface area contributed by atoms with Gasteiger partial charge >= 0.3 is 0 Å². The van der Waals surface area contributed by atoms with Crippen molar-refractivity contribution in [3.63, 3.8) is 0 Å². The molecule has 33 heavy (non-hydrogen) atoms. The molecule has 0 bridgehead atoms. The fourth-order valence-corrected chi connectivity index (χ4v) is 6.67. The lowest BCUT2D eigenvalue weighted by Crippen LogP contribution is -2.56. The second-order valence-electron chi connectivity index (χ2n) is 9.34. The topological polar surface area (TPSA) is 67.4 Å². The van der Waals surface area contributed by atoms with E-state index in [-0.39, 0.29) is 17.8 Å². The molecule has 10 heteroatoms. The highest BCUT2D eigenvalue weighted by molar-refractivity contribution is 7.86. The van der Waals surface area contributed by atoms with Gasteiger partial charge in [0.2, 0.25) is 5.91 Å². The van der Waals surface area contributed by atoms with E-state index in [1.807, 2.05) is 4.90 Å². The van der Waals surface area contributed by atoms with Crippen LogP contribution >= 0.6 is 0 Å². The van der Waals surface area contributed by atoms with Gasteiger partial charge in [-0.05, 0) is 37.1 Å². The third-order valence-corrected chi connectivity index (χ3v) is 9.34. The summed E-state index contributed by atoms with van der Waals surface area (Å²) in [7, 11) is -1.74. The van der Waals surface area contributed by atoms with Crippen molar-refractivity contribution in [3.05, 3.63) is 30.1 Å². The van der Waals surface area contributed by atoms with Crippen LogP contribution in [0, 0.1) is 5.82 Å². The maximum atomic E-state index is 13.1. The van der Waals surface area contributed by atoms with Crippen LogP contribution in [0.15, 0.2) is 24.3 Å². The molecule has 4 rings (SSSR count). The molecule has 0 radical (unpaired) electrons. The fourth-order valence-electron chi connectivity index (χ4n) is 5.09. The van der Waals surface area contributed by atoms with Gasteiger partial charge in [-0.2, -0.15) is 17.0 Å². The molecule has 1 aromatic carbocycles. The van der Waals surface area contributed by atoms with Crippen molar-refractivity contribution in [1.29, 1.82) is 0 Å². The predicted molar refractivity (Wildman–Crippen MR) is 127 cm³/mol. The van der Waals surface area contributed by atoms with Crippen LogP contribution in [0.5, 0.6) is 0 Å². The van der Waals surface area contributed by atoms with Gasteiger partial charge in [0.25, 0.3) is 10.2 Å². The van der Waals surface area contributed by atoms with Crippen molar-refractivity contribution in [2.45, 2.75) is 38.1 Å². The Bertz CT molecular complexity index is 891. The normalized spacial score (nSPS) is 22.2. The number of carbonyl (C=O) groups is 1. The van der Waals surface area contributed by atoms with E-state index in [9.17, 15) is 17.6 Å². The van der Waals surface area contributed by atoms with Crippen LogP contribution in [-0.2, 0) is 15.0 Å². The molecule has 3 fully saturated rings. The van der Waals surface area contributed by atoms with Crippen LogP contribution in [-0.4, -0.2) is 105 Å². The number of halogens is 1. The number of hydrogen-bond donors (Lipinski definition) is 0. The first-order valence-corrected chi connectivity index (χ1v) is 13.5. The Hall–Kier alpha value is -1.75. The molecule has 184 valence electrons. The molecular weight excluding hydrogens is 445 g/mol. The lowest BCUT2D eigenvalue weighted by atomic mass is 9.96.